The summed E-state index contributed by atoms with van der Waals surface area (Å²) in [6, 6.07) is 33.0. The van der Waals surface area contributed by atoms with Gasteiger partial charge in [0.1, 0.15) is 0 Å². The molecule has 5 aromatic rings. The van der Waals surface area contributed by atoms with E-state index in [-0.39, 0.29) is 13.1 Å². The summed E-state index contributed by atoms with van der Waals surface area (Å²) in [5, 5.41) is 4.67. The molecule has 0 unspecified atom stereocenters. The van der Waals surface area contributed by atoms with Crippen molar-refractivity contribution in [2.45, 2.75) is 13.8 Å². The van der Waals surface area contributed by atoms with E-state index in [1.807, 2.05) is 56.3 Å². The average Bonchev–Trinajstić information content (AvgIpc) is 3.36. The fourth-order valence-electron chi connectivity index (χ4n) is 3.85. The summed E-state index contributed by atoms with van der Waals surface area (Å²) in [6.07, 6.45) is 0. The summed E-state index contributed by atoms with van der Waals surface area (Å²) < 4.78 is 0. The van der Waals surface area contributed by atoms with Crippen molar-refractivity contribution in [2.24, 2.45) is 9.98 Å². The van der Waals surface area contributed by atoms with Crippen LogP contribution in [0.3, 0.4) is 0 Å². The van der Waals surface area contributed by atoms with Crippen LogP contribution in [0.1, 0.15) is 25.2 Å². The Balaban J connectivity index is 0.000000868. The van der Waals surface area contributed by atoms with Crippen LogP contribution in [0.15, 0.2) is 107 Å². The van der Waals surface area contributed by atoms with E-state index in [9.17, 15) is 0 Å². The van der Waals surface area contributed by atoms with Gasteiger partial charge in [-0.25, -0.2) is 0 Å². The van der Waals surface area contributed by atoms with Gasteiger partial charge in [-0.15, -0.1) is 11.4 Å². The van der Waals surface area contributed by atoms with Gasteiger partial charge in [-0.05, 0) is 42.8 Å². The van der Waals surface area contributed by atoms with Crippen LogP contribution in [0.2, 0.25) is 0 Å². The fourth-order valence-corrected chi connectivity index (χ4v) is 3.85. The van der Waals surface area contributed by atoms with Crippen molar-refractivity contribution in [1.29, 1.82) is 0 Å². The predicted octanol–water partition coefficient (Wildman–Crippen LogP) is 8.61. The number of para-hydroxylation sites is 1. The molecule has 0 saturated heterocycles. The monoisotopic (exact) mass is 526 g/mol. The van der Waals surface area contributed by atoms with Crippen LogP contribution in [-0.4, -0.2) is 11.4 Å². The van der Waals surface area contributed by atoms with E-state index < -0.39 is 0 Å². The first-order chi connectivity index (χ1) is 16.6. The molecule has 5 rings (SSSR count). The zero-order chi connectivity index (χ0) is 23.9. The number of nitrogens with zero attached hydrogens (tertiary/aromatic N) is 3. The third kappa shape index (κ3) is 5.60. The first-order valence-corrected chi connectivity index (χ1v) is 13.7. The van der Waals surface area contributed by atoms with Gasteiger partial charge < -0.3 is 4.98 Å². The van der Waals surface area contributed by atoms with Crippen LogP contribution >= 0.6 is 20.2 Å². The van der Waals surface area contributed by atoms with E-state index in [0.29, 0.717) is 0 Å². The van der Waals surface area contributed by atoms with Gasteiger partial charge in [0.15, 0.2) is 0 Å². The van der Waals surface area contributed by atoms with E-state index in [1.54, 1.807) is 0 Å². The molecule has 0 radical (unpaired) electrons. The molecule has 3 nitrogen and oxygen atoms in total. The number of aliphatic imine (C=N–C) groups is 2. The normalized spacial score (nSPS) is 12.0. The summed E-state index contributed by atoms with van der Waals surface area (Å²) in [5.74, 6) is 0. The topological polar surface area (TPSA) is 38.8 Å². The Morgan fingerprint density at radius 3 is 1.68 bits per heavy atom. The number of halogens is 2. The average molecular weight is 527 g/mol. The standard InChI is InChI=1S/C28H22N3.2ClH.Fe/c1-19(29-23-12-4-3-5-13-23)26-16-17-27(31-26)20(2)30-28-24-14-8-6-10-21(24)18-22-11-7-9-15-25(22)28;;;/h3-18H,1-2H3;2*1H;/q-1;;;+3/p-2. The minimum absolute atomic E-state index is 0.194. The first-order valence-electron chi connectivity index (χ1n) is 10.7. The molecular formula is C28H22Cl2FeN3. The van der Waals surface area contributed by atoms with Gasteiger partial charge >= 0.3 is 33.3 Å². The number of hydrogen-bond donors (Lipinski definition) is 0. The van der Waals surface area contributed by atoms with Crippen LogP contribution in [0.5, 0.6) is 0 Å². The van der Waals surface area contributed by atoms with E-state index >= 15 is 0 Å². The Morgan fingerprint density at radius 2 is 1.12 bits per heavy atom. The Hall–Kier alpha value is -2.88. The van der Waals surface area contributed by atoms with E-state index in [4.69, 9.17) is 30.2 Å². The van der Waals surface area contributed by atoms with Crippen LogP contribution < -0.4 is 4.98 Å². The zero-order valence-electron chi connectivity index (χ0n) is 18.7. The van der Waals surface area contributed by atoms with Gasteiger partial charge in [0.2, 0.25) is 0 Å². The summed E-state index contributed by atoms with van der Waals surface area (Å²) in [7, 11) is 9.53. The molecule has 6 heteroatoms. The summed E-state index contributed by atoms with van der Waals surface area (Å²) in [5.41, 5.74) is 5.44. The van der Waals surface area contributed by atoms with Crippen LogP contribution in [0, 0.1) is 0 Å². The molecule has 34 heavy (non-hydrogen) atoms. The number of fused-ring (bicyclic) bond motifs is 2. The molecular weight excluding hydrogens is 505 g/mol. The summed E-state index contributed by atoms with van der Waals surface area (Å²) in [4.78, 5) is 14.5. The number of benzene rings is 4. The Bertz CT molecular complexity index is 1420. The summed E-state index contributed by atoms with van der Waals surface area (Å²) in [6.45, 7) is 4.01. The fraction of sp³-hybridized carbons (Fsp3) is 0.0714. The number of aromatic nitrogens is 1. The van der Waals surface area contributed by atoms with Crippen LogP contribution in [-0.2, 0) is 13.1 Å². The quantitative estimate of drug-likeness (QED) is 0.131. The van der Waals surface area contributed by atoms with Crippen molar-refractivity contribution in [1.82, 2.24) is 4.98 Å². The van der Waals surface area contributed by atoms with E-state index in [1.165, 1.54) is 10.8 Å². The first kappa shape index (κ1) is 24.3. The third-order valence-electron chi connectivity index (χ3n) is 5.46. The molecule has 0 aliphatic heterocycles. The Labute approximate surface area is 214 Å². The molecule has 171 valence electrons. The molecule has 0 amide bonds. The van der Waals surface area contributed by atoms with E-state index in [2.05, 4.69) is 59.6 Å². The molecule has 1 aromatic heterocycles. The SMILES string of the molecule is CC(=Nc1ccccc1)c1ccc(C(C)=Nc2c3ccccc3cc3ccccc23)[n-]1.[Cl][Fe+][Cl]. The Morgan fingerprint density at radius 1 is 0.647 bits per heavy atom. The van der Waals surface area contributed by atoms with Gasteiger partial charge in [-0.3, -0.25) is 9.98 Å². The molecule has 0 fully saturated rings. The minimum atomic E-state index is 0.194. The van der Waals surface area contributed by atoms with Crippen LogP contribution in [0.25, 0.3) is 21.5 Å². The second-order valence-corrected chi connectivity index (χ2v) is 9.49. The molecule has 0 bridgehead atoms. The molecule has 1 heterocycles. The van der Waals surface area contributed by atoms with Crippen molar-refractivity contribution in [3.05, 3.63) is 108 Å². The summed E-state index contributed by atoms with van der Waals surface area (Å²) >= 11 is 0.194. The van der Waals surface area contributed by atoms with Gasteiger partial charge in [0.25, 0.3) is 0 Å². The third-order valence-corrected chi connectivity index (χ3v) is 5.46. The van der Waals surface area contributed by atoms with Gasteiger partial charge in [-0.1, -0.05) is 78.9 Å². The van der Waals surface area contributed by atoms with Gasteiger partial charge in [0, 0.05) is 22.2 Å². The zero-order valence-corrected chi connectivity index (χ0v) is 21.3. The second kappa shape index (κ2) is 11.5. The molecule has 0 saturated carbocycles. The molecule has 0 atom stereocenters. The predicted molar refractivity (Wildman–Crippen MR) is 143 cm³/mol. The van der Waals surface area contributed by atoms with Crippen molar-refractivity contribution in [2.75, 3.05) is 0 Å². The van der Waals surface area contributed by atoms with Crippen molar-refractivity contribution >= 4 is 64.5 Å². The second-order valence-electron chi connectivity index (χ2n) is 7.66. The van der Waals surface area contributed by atoms with Crippen molar-refractivity contribution < 1.29 is 13.1 Å². The molecule has 4 aromatic carbocycles. The van der Waals surface area contributed by atoms with Crippen molar-refractivity contribution in [3.63, 3.8) is 0 Å². The Kier molecular flexibility index (Phi) is 8.20. The van der Waals surface area contributed by atoms with E-state index in [0.717, 1.165) is 45.0 Å². The molecule has 0 aliphatic carbocycles. The van der Waals surface area contributed by atoms with Gasteiger partial charge in [0.05, 0.1) is 11.4 Å². The molecule has 0 spiro atoms. The molecule has 0 N–H and O–H groups in total. The molecule has 0 aliphatic rings. The number of hydrogen-bond acceptors (Lipinski definition) is 2. The number of rotatable bonds is 4. The van der Waals surface area contributed by atoms with Crippen molar-refractivity contribution in [3.8, 4) is 0 Å². The van der Waals surface area contributed by atoms with Gasteiger partial charge in [-0.2, -0.15) is 0 Å². The van der Waals surface area contributed by atoms with Crippen LogP contribution in [0.4, 0.5) is 11.4 Å². The maximum absolute atomic E-state index is 5.06. The maximum atomic E-state index is 5.06.